The number of carbonyl (C=O) groups is 2. The summed E-state index contributed by atoms with van der Waals surface area (Å²) in [5.74, 6) is 0.0820. The molecule has 1 unspecified atom stereocenters. The van der Waals surface area contributed by atoms with E-state index in [1.54, 1.807) is 24.3 Å². The van der Waals surface area contributed by atoms with E-state index in [4.69, 9.17) is 4.98 Å². The van der Waals surface area contributed by atoms with E-state index in [1.165, 1.54) is 0 Å². The number of nitrogens with one attached hydrogen (secondary N) is 1. The van der Waals surface area contributed by atoms with Crippen LogP contribution in [0.3, 0.4) is 0 Å². The smallest absolute Gasteiger partial charge is 0.335 e. The molecule has 1 heterocycles. The summed E-state index contributed by atoms with van der Waals surface area (Å²) in [6, 6.07) is 23.4. The molecule has 172 valence electrons. The number of aromatic amines is 1. The molecule has 5 heteroatoms. The molecule has 1 aliphatic carbocycles. The number of aromatic nitrogens is 2. The van der Waals surface area contributed by atoms with Crippen molar-refractivity contribution >= 4 is 17.3 Å². The Bertz CT molecular complexity index is 1440. The van der Waals surface area contributed by atoms with E-state index in [2.05, 4.69) is 30.1 Å². The van der Waals surface area contributed by atoms with Crippen molar-refractivity contribution in [2.24, 2.45) is 5.92 Å². The van der Waals surface area contributed by atoms with Gasteiger partial charge in [0.05, 0.1) is 17.0 Å². The number of ketones is 1. The van der Waals surface area contributed by atoms with Gasteiger partial charge in [-0.3, -0.25) is 4.79 Å². The fourth-order valence-electron chi connectivity index (χ4n) is 4.24. The monoisotopic (exact) mass is 460 g/mol. The Labute approximate surface area is 203 Å². The lowest BCUT2D eigenvalue weighted by Gasteiger charge is -2.12. The summed E-state index contributed by atoms with van der Waals surface area (Å²) in [5.41, 5.74) is 5.92. The van der Waals surface area contributed by atoms with Crippen molar-refractivity contribution in [1.29, 1.82) is 0 Å². The molecule has 5 rings (SSSR count). The van der Waals surface area contributed by atoms with Crippen LogP contribution in [0.25, 0.3) is 28.2 Å². The van der Waals surface area contributed by atoms with Crippen molar-refractivity contribution in [2.45, 2.75) is 13.3 Å². The summed E-state index contributed by atoms with van der Waals surface area (Å²) in [7, 11) is 0. The number of H-pyrrole nitrogens is 1. The molecule has 1 aromatic heterocycles. The van der Waals surface area contributed by atoms with Crippen molar-refractivity contribution < 1.29 is 14.7 Å². The second-order valence-corrected chi connectivity index (χ2v) is 8.70. The zero-order valence-electron chi connectivity index (χ0n) is 19.2. The maximum absolute atomic E-state index is 12.8. The van der Waals surface area contributed by atoms with E-state index in [0.29, 0.717) is 22.9 Å². The van der Waals surface area contributed by atoms with E-state index in [9.17, 15) is 14.7 Å². The number of carbonyl (C=O) groups excluding carboxylic acids is 1. The predicted molar refractivity (Wildman–Crippen MR) is 137 cm³/mol. The van der Waals surface area contributed by atoms with Crippen molar-refractivity contribution in [3.05, 3.63) is 119 Å². The highest BCUT2D eigenvalue weighted by atomic mass is 16.4. The Morgan fingerprint density at radius 3 is 2.14 bits per heavy atom. The van der Waals surface area contributed by atoms with Crippen LogP contribution in [0.4, 0.5) is 0 Å². The molecule has 35 heavy (non-hydrogen) atoms. The van der Waals surface area contributed by atoms with Crippen molar-refractivity contribution in [3.63, 3.8) is 0 Å². The van der Waals surface area contributed by atoms with Gasteiger partial charge in [-0.05, 0) is 30.0 Å². The number of imidazole rings is 1. The lowest BCUT2D eigenvalue weighted by Crippen LogP contribution is -2.00. The SMILES string of the molecule is CC1C=C(c2[nH]c(-c3ccc(C(=O)O)cc3)nc2-c2ccc(C(=O)c3ccccc3)cc2)C=CC1. The van der Waals surface area contributed by atoms with Crippen LogP contribution in [0.1, 0.15) is 45.3 Å². The Morgan fingerprint density at radius 2 is 1.49 bits per heavy atom. The first-order valence-electron chi connectivity index (χ1n) is 11.5. The second kappa shape index (κ2) is 9.39. The number of allylic oxidation sites excluding steroid dienone is 4. The molecule has 0 saturated carbocycles. The average Bonchev–Trinajstić information content (AvgIpc) is 3.34. The topological polar surface area (TPSA) is 83.1 Å². The predicted octanol–water partition coefficient (Wildman–Crippen LogP) is 6.65. The Balaban J connectivity index is 1.55. The summed E-state index contributed by atoms with van der Waals surface area (Å²) in [6.07, 6.45) is 7.48. The second-order valence-electron chi connectivity index (χ2n) is 8.70. The fourth-order valence-corrected chi connectivity index (χ4v) is 4.24. The van der Waals surface area contributed by atoms with Gasteiger partial charge in [-0.1, -0.05) is 91.9 Å². The van der Waals surface area contributed by atoms with Crippen molar-refractivity contribution in [2.75, 3.05) is 0 Å². The molecule has 3 aromatic carbocycles. The summed E-state index contributed by atoms with van der Waals surface area (Å²) in [4.78, 5) is 32.4. The normalized spacial score (nSPS) is 15.0. The third kappa shape index (κ3) is 4.62. The Morgan fingerprint density at radius 1 is 0.857 bits per heavy atom. The van der Waals surface area contributed by atoms with Crippen LogP contribution in [0, 0.1) is 5.92 Å². The quantitative estimate of drug-likeness (QED) is 0.316. The molecule has 5 nitrogen and oxygen atoms in total. The zero-order valence-corrected chi connectivity index (χ0v) is 19.2. The first-order chi connectivity index (χ1) is 17.0. The van der Waals surface area contributed by atoms with E-state index in [0.717, 1.165) is 34.5 Å². The summed E-state index contributed by atoms with van der Waals surface area (Å²) < 4.78 is 0. The Kier molecular flexibility index (Phi) is 5.98. The fraction of sp³-hybridized carbons (Fsp3) is 0.100. The maximum Gasteiger partial charge on any atom is 0.335 e. The third-order valence-electron chi connectivity index (χ3n) is 6.12. The first kappa shape index (κ1) is 22.3. The van der Waals surface area contributed by atoms with Gasteiger partial charge in [-0.25, -0.2) is 9.78 Å². The Hall–Kier alpha value is -4.51. The van der Waals surface area contributed by atoms with Crippen LogP contribution in [-0.2, 0) is 0 Å². The number of nitrogens with zero attached hydrogens (tertiary/aromatic N) is 1. The molecule has 1 aliphatic rings. The van der Waals surface area contributed by atoms with Crippen molar-refractivity contribution in [1.82, 2.24) is 9.97 Å². The van der Waals surface area contributed by atoms with Crippen LogP contribution >= 0.6 is 0 Å². The van der Waals surface area contributed by atoms with E-state index in [-0.39, 0.29) is 11.3 Å². The highest BCUT2D eigenvalue weighted by Crippen LogP contribution is 2.34. The number of benzene rings is 3. The number of hydrogen-bond donors (Lipinski definition) is 2. The number of carboxylic acid groups (broad SMARTS) is 1. The largest absolute Gasteiger partial charge is 0.478 e. The van der Waals surface area contributed by atoms with Gasteiger partial charge in [0.15, 0.2) is 5.78 Å². The van der Waals surface area contributed by atoms with E-state index < -0.39 is 5.97 Å². The van der Waals surface area contributed by atoms with Crippen LogP contribution < -0.4 is 0 Å². The van der Waals surface area contributed by atoms with Gasteiger partial charge in [0.2, 0.25) is 0 Å². The molecule has 1 atom stereocenters. The van der Waals surface area contributed by atoms with Gasteiger partial charge in [0.1, 0.15) is 5.82 Å². The minimum Gasteiger partial charge on any atom is -0.478 e. The van der Waals surface area contributed by atoms with Gasteiger partial charge >= 0.3 is 5.97 Å². The standard InChI is InChI=1S/C30H24N2O3/c1-19-6-5-9-25(18-19)27-26(31-29(32-27)23-14-16-24(17-15-23)30(34)35)20-10-12-22(13-11-20)28(33)21-7-3-2-4-8-21/h2-5,7-19H,6H2,1H3,(H,31,32)(H,34,35). The highest BCUT2D eigenvalue weighted by molar-refractivity contribution is 6.09. The van der Waals surface area contributed by atoms with Crippen molar-refractivity contribution in [3.8, 4) is 22.6 Å². The number of hydrogen-bond acceptors (Lipinski definition) is 3. The zero-order chi connectivity index (χ0) is 24.4. The molecule has 0 bridgehead atoms. The van der Waals surface area contributed by atoms with Gasteiger partial charge in [0.25, 0.3) is 0 Å². The van der Waals surface area contributed by atoms with Gasteiger partial charge < -0.3 is 10.1 Å². The summed E-state index contributed by atoms with van der Waals surface area (Å²) in [6.45, 7) is 2.18. The van der Waals surface area contributed by atoms with Crippen LogP contribution in [-0.4, -0.2) is 26.8 Å². The molecule has 0 fully saturated rings. The average molecular weight is 461 g/mol. The minimum absolute atomic E-state index is 0.0228. The van der Waals surface area contributed by atoms with Crippen LogP contribution in [0.15, 0.2) is 97.1 Å². The molecule has 0 radical (unpaired) electrons. The molecule has 0 spiro atoms. The maximum atomic E-state index is 12.8. The highest BCUT2D eigenvalue weighted by Gasteiger charge is 2.19. The lowest BCUT2D eigenvalue weighted by atomic mass is 9.94. The molecule has 4 aromatic rings. The van der Waals surface area contributed by atoms with Gasteiger partial charge in [-0.2, -0.15) is 0 Å². The summed E-state index contributed by atoms with van der Waals surface area (Å²) in [5, 5.41) is 9.21. The molecular formula is C30H24N2O3. The number of aromatic carboxylic acids is 1. The van der Waals surface area contributed by atoms with Gasteiger partial charge in [-0.15, -0.1) is 0 Å². The molecule has 2 N–H and O–H groups in total. The van der Waals surface area contributed by atoms with Crippen LogP contribution in [0.5, 0.6) is 0 Å². The van der Waals surface area contributed by atoms with E-state index in [1.807, 2.05) is 54.6 Å². The van der Waals surface area contributed by atoms with Gasteiger partial charge in [0, 0.05) is 22.3 Å². The van der Waals surface area contributed by atoms with Crippen LogP contribution in [0.2, 0.25) is 0 Å². The minimum atomic E-state index is -0.964. The molecular weight excluding hydrogens is 436 g/mol. The molecule has 0 saturated heterocycles. The number of rotatable bonds is 6. The summed E-state index contributed by atoms with van der Waals surface area (Å²) >= 11 is 0. The van der Waals surface area contributed by atoms with E-state index >= 15 is 0 Å². The first-order valence-corrected chi connectivity index (χ1v) is 11.5. The molecule has 0 amide bonds. The lowest BCUT2D eigenvalue weighted by molar-refractivity contribution is 0.0696. The number of carboxylic acids is 1. The third-order valence-corrected chi connectivity index (χ3v) is 6.12. The molecule has 0 aliphatic heterocycles.